The number of ether oxygens (including phenoxy) is 1. The van der Waals surface area contributed by atoms with Crippen LogP contribution < -0.4 is 0 Å². The first-order valence-corrected chi connectivity index (χ1v) is 7.28. The maximum atomic E-state index is 12.5. The molecule has 1 amide bonds. The van der Waals surface area contributed by atoms with Crippen LogP contribution in [0.1, 0.15) is 37.2 Å². The molecule has 1 unspecified atom stereocenters. The van der Waals surface area contributed by atoms with Crippen molar-refractivity contribution in [2.45, 2.75) is 33.2 Å². The fraction of sp³-hybridized carbons (Fsp3) is 0.600. The molecule has 1 aliphatic rings. The van der Waals surface area contributed by atoms with Gasteiger partial charge in [-0.05, 0) is 38.8 Å². The first kappa shape index (κ1) is 14.6. The van der Waals surface area contributed by atoms with E-state index >= 15 is 0 Å². The normalized spacial score (nSPS) is 18.9. The first-order chi connectivity index (χ1) is 9.67. The summed E-state index contributed by atoms with van der Waals surface area (Å²) in [5.74, 6) is -0.362. The molecule has 1 aromatic rings. The van der Waals surface area contributed by atoms with E-state index < -0.39 is 0 Å². The number of rotatable bonds is 4. The molecule has 0 bridgehead atoms. The van der Waals surface area contributed by atoms with Crippen LogP contribution >= 0.6 is 0 Å². The second-order valence-electron chi connectivity index (χ2n) is 5.02. The average molecular weight is 278 g/mol. The Balaban J connectivity index is 2.05. The van der Waals surface area contributed by atoms with Gasteiger partial charge < -0.3 is 14.2 Å². The minimum absolute atomic E-state index is 0.00542. The molecule has 20 heavy (non-hydrogen) atoms. The summed E-state index contributed by atoms with van der Waals surface area (Å²) in [6.07, 6.45) is 3.56. The third kappa shape index (κ3) is 3.03. The van der Waals surface area contributed by atoms with E-state index in [1.165, 1.54) is 0 Å². The molecule has 0 aromatic carbocycles. The van der Waals surface area contributed by atoms with Gasteiger partial charge in [0.1, 0.15) is 5.69 Å². The maximum Gasteiger partial charge on any atom is 0.310 e. The fourth-order valence-corrected chi connectivity index (χ4v) is 2.66. The van der Waals surface area contributed by atoms with E-state index in [2.05, 4.69) is 0 Å². The summed E-state index contributed by atoms with van der Waals surface area (Å²) in [4.78, 5) is 26.1. The predicted molar refractivity (Wildman–Crippen MR) is 75.4 cm³/mol. The Hall–Kier alpha value is -1.78. The average Bonchev–Trinajstić information content (AvgIpc) is 2.95. The van der Waals surface area contributed by atoms with Crippen molar-refractivity contribution in [1.29, 1.82) is 0 Å². The van der Waals surface area contributed by atoms with Crippen molar-refractivity contribution in [3.8, 4) is 0 Å². The summed E-state index contributed by atoms with van der Waals surface area (Å²) < 4.78 is 6.99. The number of hydrogen-bond donors (Lipinski definition) is 0. The fourth-order valence-electron chi connectivity index (χ4n) is 2.66. The number of piperidine rings is 1. The largest absolute Gasteiger partial charge is 0.466 e. The van der Waals surface area contributed by atoms with Crippen molar-refractivity contribution in [2.24, 2.45) is 5.92 Å². The third-order valence-corrected chi connectivity index (χ3v) is 3.72. The topological polar surface area (TPSA) is 51.5 Å². The van der Waals surface area contributed by atoms with Gasteiger partial charge in [-0.1, -0.05) is 0 Å². The number of aromatic nitrogens is 1. The monoisotopic (exact) mass is 278 g/mol. The van der Waals surface area contributed by atoms with Crippen LogP contribution in [0.25, 0.3) is 0 Å². The highest BCUT2D eigenvalue weighted by Gasteiger charge is 2.30. The van der Waals surface area contributed by atoms with Crippen molar-refractivity contribution < 1.29 is 14.3 Å². The first-order valence-electron chi connectivity index (χ1n) is 7.28. The summed E-state index contributed by atoms with van der Waals surface area (Å²) in [6.45, 7) is 6.15. The highest BCUT2D eigenvalue weighted by atomic mass is 16.5. The minimum Gasteiger partial charge on any atom is -0.466 e. The lowest BCUT2D eigenvalue weighted by molar-refractivity contribution is -0.149. The van der Waals surface area contributed by atoms with E-state index in [0.717, 1.165) is 19.4 Å². The number of carbonyl (C=O) groups excluding carboxylic acids is 2. The SMILES string of the molecule is CCOC(=O)C1CCCN(C(=O)c2cccn2CC)C1. The molecule has 1 aromatic heterocycles. The number of aryl methyl sites for hydroxylation is 1. The van der Waals surface area contributed by atoms with Crippen molar-refractivity contribution in [2.75, 3.05) is 19.7 Å². The summed E-state index contributed by atoms with van der Waals surface area (Å²) >= 11 is 0. The van der Waals surface area contributed by atoms with Crippen molar-refractivity contribution in [1.82, 2.24) is 9.47 Å². The molecule has 1 saturated heterocycles. The Bertz CT molecular complexity index is 481. The van der Waals surface area contributed by atoms with E-state index in [1.54, 1.807) is 11.8 Å². The molecule has 5 nitrogen and oxygen atoms in total. The molecule has 5 heteroatoms. The molecule has 0 spiro atoms. The van der Waals surface area contributed by atoms with E-state index in [4.69, 9.17) is 4.74 Å². The Morgan fingerprint density at radius 1 is 1.40 bits per heavy atom. The summed E-state index contributed by atoms with van der Waals surface area (Å²) in [5, 5.41) is 0. The lowest BCUT2D eigenvalue weighted by atomic mass is 9.98. The van der Waals surface area contributed by atoms with Crippen molar-refractivity contribution >= 4 is 11.9 Å². The van der Waals surface area contributed by atoms with Gasteiger partial charge in [0.05, 0.1) is 12.5 Å². The summed E-state index contributed by atoms with van der Waals surface area (Å²) in [5.41, 5.74) is 0.692. The van der Waals surface area contributed by atoms with Gasteiger partial charge in [0.25, 0.3) is 5.91 Å². The lowest BCUT2D eigenvalue weighted by Gasteiger charge is -2.31. The van der Waals surface area contributed by atoms with Crippen molar-refractivity contribution in [3.63, 3.8) is 0 Å². The molecule has 1 fully saturated rings. The summed E-state index contributed by atoms with van der Waals surface area (Å²) in [7, 11) is 0. The van der Waals surface area contributed by atoms with Crippen LogP contribution in [0.15, 0.2) is 18.3 Å². The van der Waals surface area contributed by atoms with Crippen LogP contribution in [0.2, 0.25) is 0 Å². The number of esters is 1. The molecule has 0 saturated carbocycles. The quantitative estimate of drug-likeness (QED) is 0.791. The van der Waals surface area contributed by atoms with Crippen LogP contribution in [0.4, 0.5) is 0 Å². The van der Waals surface area contributed by atoms with Gasteiger partial charge in [-0.15, -0.1) is 0 Å². The van der Waals surface area contributed by atoms with Crippen LogP contribution in [-0.4, -0.2) is 41.0 Å². The zero-order valence-corrected chi connectivity index (χ0v) is 12.2. The second-order valence-corrected chi connectivity index (χ2v) is 5.02. The Morgan fingerprint density at radius 2 is 2.20 bits per heavy atom. The molecule has 0 N–H and O–H groups in total. The smallest absolute Gasteiger partial charge is 0.310 e. The number of amides is 1. The number of likely N-dealkylation sites (tertiary alicyclic amines) is 1. The zero-order chi connectivity index (χ0) is 14.5. The highest BCUT2D eigenvalue weighted by Crippen LogP contribution is 2.20. The number of hydrogen-bond acceptors (Lipinski definition) is 3. The second kappa shape index (κ2) is 6.59. The molecular weight excluding hydrogens is 256 g/mol. The van der Waals surface area contributed by atoms with Crippen LogP contribution in [0, 0.1) is 5.92 Å². The number of carbonyl (C=O) groups is 2. The number of nitrogens with zero attached hydrogens (tertiary/aromatic N) is 2. The Kier molecular flexibility index (Phi) is 4.82. The maximum absolute atomic E-state index is 12.5. The van der Waals surface area contributed by atoms with Crippen LogP contribution in [0.3, 0.4) is 0 Å². The van der Waals surface area contributed by atoms with Gasteiger partial charge >= 0.3 is 5.97 Å². The standard InChI is InChI=1S/C15H22N2O3/c1-3-16-9-6-8-13(16)14(18)17-10-5-7-12(11-17)15(19)20-4-2/h6,8-9,12H,3-5,7,10-11H2,1-2H3. The third-order valence-electron chi connectivity index (χ3n) is 3.72. The Morgan fingerprint density at radius 3 is 2.90 bits per heavy atom. The molecule has 1 atom stereocenters. The van der Waals surface area contributed by atoms with Gasteiger partial charge in [-0.25, -0.2) is 0 Å². The predicted octanol–water partition coefficient (Wildman–Crippen LogP) is 1.92. The Labute approximate surface area is 119 Å². The highest BCUT2D eigenvalue weighted by molar-refractivity contribution is 5.93. The molecule has 0 radical (unpaired) electrons. The van der Waals surface area contributed by atoms with Crippen LogP contribution in [-0.2, 0) is 16.1 Å². The van der Waals surface area contributed by atoms with E-state index in [1.807, 2.05) is 29.8 Å². The van der Waals surface area contributed by atoms with E-state index in [9.17, 15) is 9.59 Å². The van der Waals surface area contributed by atoms with E-state index in [-0.39, 0.29) is 17.8 Å². The van der Waals surface area contributed by atoms with E-state index in [0.29, 0.717) is 25.4 Å². The molecule has 2 heterocycles. The molecule has 0 aliphatic carbocycles. The van der Waals surface area contributed by atoms with Gasteiger partial charge in [-0.2, -0.15) is 0 Å². The summed E-state index contributed by atoms with van der Waals surface area (Å²) in [6, 6.07) is 3.71. The van der Waals surface area contributed by atoms with Gasteiger partial charge in [-0.3, -0.25) is 9.59 Å². The van der Waals surface area contributed by atoms with Gasteiger partial charge in [0.2, 0.25) is 0 Å². The van der Waals surface area contributed by atoms with Gasteiger partial charge in [0, 0.05) is 25.8 Å². The van der Waals surface area contributed by atoms with Crippen molar-refractivity contribution in [3.05, 3.63) is 24.0 Å². The lowest BCUT2D eigenvalue weighted by Crippen LogP contribution is -2.43. The van der Waals surface area contributed by atoms with Gasteiger partial charge in [0.15, 0.2) is 0 Å². The van der Waals surface area contributed by atoms with Crippen LogP contribution in [0.5, 0.6) is 0 Å². The molecule has 110 valence electrons. The zero-order valence-electron chi connectivity index (χ0n) is 12.2. The molecule has 2 rings (SSSR count). The minimum atomic E-state index is -0.184. The molecule has 1 aliphatic heterocycles. The molecular formula is C15H22N2O3.